The highest BCUT2D eigenvalue weighted by atomic mass is 16.2. The molecule has 2 aliphatic heterocycles. The Hall–Kier alpha value is -1.92. The lowest BCUT2D eigenvalue weighted by atomic mass is 9.95. The molecule has 2 heterocycles. The molecule has 34 heavy (non-hydrogen) atoms. The zero-order valence-corrected chi connectivity index (χ0v) is 22.0. The van der Waals surface area contributed by atoms with Gasteiger partial charge < -0.3 is 9.80 Å². The number of hydrogen-bond donors (Lipinski definition) is 0. The number of hydrogen-bond acceptors (Lipinski definition) is 4. The molecule has 2 saturated heterocycles. The first-order valence-electron chi connectivity index (χ1n) is 13.6. The lowest BCUT2D eigenvalue weighted by Crippen LogP contribution is -2.44. The molecule has 6 nitrogen and oxygen atoms in total. The minimum atomic E-state index is 0.138. The van der Waals surface area contributed by atoms with E-state index in [4.69, 9.17) is 0 Å². The molecule has 0 aliphatic carbocycles. The average Bonchev–Trinajstić information content (AvgIpc) is 2.87. The lowest BCUT2D eigenvalue weighted by molar-refractivity contribution is -0.137. The minimum Gasteiger partial charge on any atom is -0.343 e. The Morgan fingerprint density at radius 2 is 1.06 bits per heavy atom. The fourth-order valence-electron chi connectivity index (χ4n) is 5.65. The van der Waals surface area contributed by atoms with Crippen molar-refractivity contribution in [2.75, 3.05) is 52.4 Å². The second kappa shape index (κ2) is 13.2. The van der Waals surface area contributed by atoms with Crippen LogP contribution in [-0.2, 0) is 22.7 Å². The maximum atomic E-state index is 12.8. The van der Waals surface area contributed by atoms with Gasteiger partial charge in [-0.1, -0.05) is 24.3 Å². The largest absolute Gasteiger partial charge is 0.343 e. The van der Waals surface area contributed by atoms with Crippen molar-refractivity contribution in [2.24, 2.45) is 11.8 Å². The summed E-state index contributed by atoms with van der Waals surface area (Å²) in [7, 11) is 0. The predicted octanol–water partition coefficient (Wildman–Crippen LogP) is 3.85. The van der Waals surface area contributed by atoms with Gasteiger partial charge in [0.25, 0.3) is 0 Å². The maximum absolute atomic E-state index is 12.8. The molecule has 1 aromatic carbocycles. The van der Waals surface area contributed by atoms with Gasteiger partial charge in [-0.2, -0.15) is 0 Å². The van der Waals surface area contributed by atoms with Gasteiger partial charge in [-0.05, 0) is 77.6 Å². The molecule has 3 rings (SSSR count). The van der Waals surface area contributed by atoms with E-state index < -0.39 is 0 Å². The number of benzene rings is 1. The van der Waals surface area contributed by atoms with E-state index in [0.717, 1.165) is 91.1 Å². The van der Waals surface area contributed by atoms with Gasteiger partial charge >= 0.3 is 0 Å². The van der Waals surface area contributed by atoms with E-state index in [1.165, 1.54) is 11.1 Å². The van der Waals surface area contributed by atoms with Crippen molar-refractivity contribution in [1.29, 1.82) is 0 Å². The molecular weight excluding hydrogens is 424 g/mol. The summed E-state index contributed by atoms with van der Waals surface area (Å²) in [4.78, 5) is 34.4. The Kier molecular flexibility index (Phi) is 10.4. The Morgan fingerprint density at radius 1 is 0.706 bits per heavy atom. The van der Waals surface area contributed by atoms with Crippen molar-refractivity contribution in [3.05, 3.63) is 35.4 Å². The first-order chi connectivity index (χ1) is 16.5. The molecule has 0 aromatic heterocycles. The van der Waals surface area contributed by atoms with E-state index in [0.29, 0.717) is 11.8 Å². The molecule has 2 fully saturated rings. The monoisotopic (exact) mass is 470 g/mol. The highest BCUT2D eigenvalue weighted by Gasteiger charge is 2.29. The normalized spacial score (nSPS) is 21.9. The van der Waals surface area contributed by atoms with E-state index in [1.807, 2.05) is 9.80 Å². The van der Waals surface area contributed by atoms with Crippen LogP contribution in [0.4, 0.5) is 0 Å². The van der Waals surface area contributed by atoms with Gasteiger partial charge in [-0.3, -0.25) is 19.4 Å². The van der Waals surface area contributed by atoms with Gasteiger partial charge in [-0.25, -0.2) is 0 Å². The van der Waals surface area contributed by atoms with Gasteiger partial charge in [-0.15, -0.1) is 0 Å². The summed E-state index contributed by atoms with van der Waals surface area (Å²) in [6.07, 6.45) is 4.22. The Labute approximate surface area is 207 Å². The molecule has 0 N–H and O–H groups in total. The quantitative estimate of drug-likeness (QED) is 0.521. The van der Waals surface area contributed by atoms with Crippen LogP contribution in [0.1, 0.15) is 64.5 Å². The van der Waals surface area contributed by atoms with Crippen LogP contribution >= 0.6 is 0 Å². The van der Waals surface area contributed by atoms with Gasteiger partial charge in [0.05, 0.1) is 11.8 Å². The molecule has 2 amide bonds. The number of carbonyl (C=O) groups excluding carboxylic acids is 2. The van der Waals surface area contributed by atoms with E-state index >= 15 is 0 Å². The van der Waals surface area contributed by atoms with Crippen LogP contribution in [0.2, 0.25) is 0 Å². The highest BCUT2D eigenvalue weighted by molar-refractivity contribution is 5.79. The van der Waals surface area contributed by atoms with Crippen molar-refractivity contribution in [2.45, 2.75) is 66.5 Å². The van der Waals surface area contributed by atoms with Crippen molar-refractivity contribution in [3.8, 4) is 0 Å². The SMILES string of the molecule is CCN(CC)C(=O)[C@@H]1CCCN(Cc2ccc(CN3CCC[C@@H](C(=O)N(CC)CC)C3)cc2)C1. The molecular formula is C28H46N4O2. The van der Waals surface area contributed by atoms with Crippen LogP contribution in [0.3, 0.4) is 0 Å². The summed E-state index contributed by atoms with van der Waals surface area (Å²) in [5, 5.41) is 0. The van der Waals surface area contributed by atoms with Crippen molar-refractivity contribution >= 4 is 11.8 Å². The second-order valence-electron chi connectivity index (χ2n) is 9.99. The average molecular weight is 471 g/mol. The summed E-state index contributed by atoms with van der Waals surface area (Å²) in [5.74, 6) is 0.923. The molecule has 190 valence electrons. The highest BCUT2D eigenvalue weighted by Crippen LogP contribution is 2.23. The first kappa shape index (κ1) is 26.7. The molecule has 0 bridgehead atoms. The van der Waals surface area contributed by atoms with Crippen molar-refractivity contribution < 1.29 is 9.59 Å². The van der Waals surface area contributed by atoms with Crippen LogP contribution in [0, 0.1) is 11.8 Å². The summed E-state index contributed by atoms with van der Waals surface area (Å²) in [6, 6.07) is 8.97. The molecule has 2 atom stereocenters. The number of likely N-dealkylation sites (tertiary alicyclic amines) is 2. The third kappa shape index (κ3) is 7.05. The Bertz CT molecular complexity index is 708. The topological polar surface area (TPSA) is 47.1 Å². The summed E-state index contributed by atoms with van der Waals surface area (Å²) in [6.45, 7) is 17.2. The molecule has 0 saturated carbocycles. The van der Waals surface area contributed by atoms with Crippen LogP contribution < -0.4 is 0 Å². The molecule has 0 radical (unpaired) electrons. The maximum Gasteiger partial charge on any atom is 0.226 e. The van der Waals surface area contributed by atoms with Gasteiger partial charge in [0.15, 0.2) is 0 Å². The first-order valence-corrected chi connectivity index (χ1v) is 13.6. The Balaban J connectivity index is 1.51. The van der Waals surface area contributed by atoms with Crippen LogP contribution in [-0.4, -0.2) is 83.8 Å². The van der Waals surface area contributed by atoms with Crippen LogP contribution in [0.25, 0.3) is 0 Å². The number of carbonyl (C=O) groups is 2. The molecule has 1 aromatic rings. The fraction of sp³-hybridized carbons (Fsp3) is 0.714. The zero-order chi connectivity index (χ0) is 24.5. The van der Waals surface area contributed by atoms with Gasteiger partial charge in [0.1, 0.15) is 0 Å². The van der Waals surface area contributed by atoms with Crippen LogP contribution in [0.15, 0.2) is 24.3 Å². The van der Waals surface area contributed by atoms with E-state index in [-0.39, 0.29) is 11.8 Å². The summed E-state index contributed by atoms with van der Waals surface area (Å²) >= 11 is 0. The van der Waals surface area contributed by atoms with E-state index in [1.54, 1.807) is 0 Å². The number of amides is 2. The zero-order valence-electron chi connectivity index (χ0n) is 22.0. The third-order valence-electron chi connectivity index (χ3n) is 7.70. The molecule has 0 unspecified atom stereocenters. The van der Waals surface area contributed by atoms with E-state index in [9.17, 15) is 9.59 Å². The summed E-state index contributed by atoms with van der Waals surface area (Å²) < 4.78 is 0. The summed E-state index contributed by atoms with van der Waals surface area (Å²) in [5.41, 5.74) is 2.63. The number of piperidine rings is 2. The predicted molar refractivity (Wildman–Crippen MR) is 138 cm³/mol. The Morgan fingerprint density at radius 3 is 1.38 bits per heavy atom. The van der Waals surface area contributed by atoms with Crippen LogP contribution in [0.5, 0.6) is 0 Å². The van der Waals surface area contributed by atoms with Gasteiger partial charge in [0, 0.05) is 52.4 Å². The van der Waals surface area contributed by atoms with E-state index in [2.05, 4.69) is 61.8 Å². The number of nitrogens with zero attached hydrogens (tertiary/aromatic N) is 4. The standard InChI is InChI=1S/C28H46N4O2/c1-5-31(6-2)27(33)25-11-9-17-29(21-25)19-23-13-15-24(16-14-23)20-30-18-10-12-26(22-30)28(34)32(7-3)8-4/h13-16,25-26H,5-12,17-22H2,1-4H3/t25-,26-/m1/s1. The molecule has 2 aliphatic rings. The third-order valence-corrected chi connectivity index (χ3v) is 7.70. The lowest BCUT2D eigenvalue weighted by Gasteiger charge is -2.35. The smallest absolute Gasteiger partial charge is 0.226 e. The molecule has 6 heteroatoms. The number of rotatable bonds is 10. The van der Waals surface area contributed by atoms with Gasteiger partial charge in [0.2, 0.25) is 11.8 Å². The molecule has 0 spiro atoms. The minimum absolute atomic E-state index is 0.138. The van der Waals surface area contributed by atoms with Crippen molar-refractivity contribution in [3.63, 3.8) is 0 Å². The second-order valence-corrected chi connectivity index (χ2v) is 9.99. The fourth-order valence-corrected chi connectivity index (χ4v) is 5.65. The van der Waals surface area contributed by atoms with Crippen molar-refractivity contribution in [1.82, 2.24) is 19.6 Å².